The molecule has 1 aliphatic rings. The van der Waals surface area contributed by atoms with Crippen molar-refractivity contribution < 1.29 is 0 Å². The molecule has 0 saturated heterocycles. The molecular formula is C16H21Br. The molecule has 0 aliphatic heterocycles. The van der Waals surface area contributed by atoms with Crippen LogP contribution in [0.4, 0.5) is 0 Å². The lowest BCUT2D eigenvalue weighted by molar-refractivity contribution is 0.631. The molecule has 0 bridgehead atoms. The molecule has 1 aromatic rings. The minimum atomic E-state index is 1.12. The molecule has 1 heteroatoms. The predicted molar refractivity (Wildman–Crippen MR) is 79.3 cm³/mol. The number of hydrogen-bond donors (Lipinski definition) is 0. The first kappa shape index (κ1) is 12.9. The Labute approximate surface area is 113 Å². The Bertz CT molecular complexity index is 404. The molecule has 0 spiro atoms. The van der Waals surface area contributed by atoms with Crippen LogP contribution < -0.4 is 0 Å². The second-order valence-electron chi connectivity index (χ2n) is 4.91. The smallest absolute Gasteiger partial charge is 0.0213 e. The number of halogens is 1. The third-order valence-corrected chi connectivity index (χ3v) is 4.23. The maximum atomic E-state index is 3.70. The lowest BCUT2D eigenvalue weighted by Crippen LogP contribution is -1.92. The number of fused-ring (bicyclic) bond motifs is 1. The zero-order valence-electron chi connectivity index (χ0n) is 10.6. The Kier molecular flexibility index (Phi) is 4.85. The van der Waals surface area contributed by atoms with Crippen LogP contribution in [0.2, 0.25) is 0 Å². The van der Waals surface area contributed by atoms with Crippen LogP contribution in [0.3, 0.4) is 0 Å². The molecule has 92 valence electrons. The first-order valence-corrected chi connectivity index (χ1v) is 7.58. The SMILES string of the molecule is CCCCCCCc1cc2c(cc1Br)C=CC2. The van der Waals surface area contributed by atoms with Crippen molar-refractivity contribution >= 4 is 22.0 Å². The van der Waals surface area contributed by atoms with E-state index in [9.17, 15) is 0 Å². The fourth-order valence-electron chi connectivity index (χ4n) is 2.44. The Morgan fingerprint density at radius 1 is 1.12 bits per heavy atom. The van der Waals surface area contributed by atoms with Crippen molar-refractivity contribution in [2.75, 3.05) is 0 Å². The number of rotatable bonds is 6. The van der Waals surface area contributed by atoms with Crippen molar-refractivity contribution in [1.29, 1.82) is 0 Å². The summed E-state index contributed by atoms with van der Waals surface area (Å²) in [6.07, 6.45) is 13.6. The van der Waals surface area contributed by atoms with Crippen LogP contribution >= 0.6 is 15.9 Å². The average molecular weight is 293 g/mol. The topological polar surface area (TPSA) is 0 Å². The summed E-state index contributed by atoms with van der Waals surface area (Å²) in [5.41, 5.74) is 4.38. The van der Waals surface area contributed by atoms with E-state index >= 15 is 0 Å². The number of hydrogen-bond acceptors (Lipinski definition) is 0. The van der Waals surface area contributed by atoms with Crippen LogP contribution in [0.25, 0.3) is 6.08 Å². The summed E-state index contributed by atoms with van der Waals surface area (Å²) in [5, 5.41) is 0. The molecule has 0 saturated carbocycles. The van der Waals surface area contributed by atoms with Crippen LogP contribution in [0.15, 0.2) is 22.7 Å². The van der Waals surface area contributed by atoms with Crippen LogP contribution in [0, 0.1) is 0 Å². The van der Waals surface area contributed by atoms with Gasteiger partial charge in [0, 0.05) is 4.47 Å². The largest absolute Gasteiger partial charge is 0.0795 e. The Morgan fingerprint density at radius 2 is 1.94 bits per heavy atom. The van der Waals surface area contributed by atoms with E-state index in [4.69, 9.17) is 0 Å². The van der Waals surface area contributed by atoms with Gasteiger partial charge in [-0.2, -0.15) is 0 Å². The molecule has 0 nitrogen and oxygen atoms in total. The summed E-state index contributed by atoms with van der Waals surface area (Å²) in [4.78, 5) is 0. The van der Waals surface area contributed by atoms with Gasteiger partial charge in [0.25, 0.3) is 0 Å². The molecule has 0 aromatic heterocycles. The molecule has 0 N–H and O–H groups in total. The quantitative estimate of drug-likeness (QED) is 0.605. The van der Waals surface area contributed by atoms with E-state index in [-0.39, 0.29) is 0 Å². The van der Waals surface area contributed by atoms with Gasteiger partial charge in [0.1, 0.15) is 0 Å². The summed E-state index contributed by atoms with van der Waals surface area (Å²) in [5.74, 6) is 0. The van der Waals surface area contributed by atoms with Gasteiger partial charge in [-0.15, -0.1) is 0 Å². The highest BCUT2D eigenvalue weighted by atomic mass is 79.9. The van der Waals surface area contributed by atoms with Gasteiger partial charge in [-0.1, -0.05) is 66.8 Å². The molecule has 0 fully saturated rings. The fraction of sp³-hybridized carbons (Fsp3) is 0.500. The molecule has 1 aliphatic carbocycles. The second kappa shape index (κ2) is 6.39. The van der Waals surface area contributed by atoms with Crippen molar-refractivity contribution in [2.45, 2.75) is 51.9 Å². The molecule has 1 aromatic carbocycles. The highest BCUT2D eigenvalue weighted by Gasteiger charge is 2.09. The van der Waals surface area contributed by atoms with Crippen LogP contribution in [0.1, 0.15) is 55.7 Å². The van der Waals surface area contributed by atoms with Crippen molar-refractivity contribution in [3.8, 4) is 0 Å². The third kappa shape index (κ3) is 3.45. The molecule has 0 unspecified atom stereocenters. The maximum absolute atomic E-state index is 3.70. The van der Waals surface area contributed by atoms with Gasteiger partial charge in [-0.25, -0.2) is 0 Å². The van der Waals surface area contributed by atoms with E-state index in [1.165, 1.54) is 59.7 Å². The van der Waals surface area contributed by atoms with Gasteiger partial charge in [0.15, 0.2) is 0 Å². The van der Waals surface area contributed by atoms with Crippen LogP contribution in [-0.2, 0) is 12.8 Å². The Hall–Kier alpha value is -0.560. The minimum Gasteiger partial charge on any atom is -0.0795 e. The van der Waals surface area contributed by atoms with E-state index in [0.717, 1.165) is 6.42 Å². The van der Waals surface area contributed by atoms with Gasteiger partial charge in [-0.3, -0.25) is 0 Å². The maximum Gasteiger partial charge on any atom is 0.0213 e. The molecule has 2 rings (SSSR count). The summed E-state index contributed by atoms with van der Waals surface area (Å²) in [6.45, 7) is 2.27. The van der Waals surface area contributed by atoms with Crippen LogP contribution in [-0.4, -0.2) is 0 Å². The molecule has 0 heterocycles. The normalized spacial score (nSPS) is 13.1. The summed E-state index contributed by atoms with van der Waals surface area (Å²) in [7, 11) is 0. The highest BCUT2D eigenvalue weighted by molar-refractivity contribution is 9.10. The number of benzene rings is 1. The first-order valence-electron chi connectivity index (χ1n) is 6.79. The standard InChI is InChI=1S/C16H21Br/c1-2-3-4-5-6-8-15-11-13-9-7-10-14(13)12-16(15)17/h7,10-12H,2-6,8-9H2,1H3. The highest BCUT2D eigenvalue weighted by Crippen LogP contribution is 2.28. The van der Waals surface area contributed by atoms with E-state index in [1.54, 1.807) is 0 Å². The lowest BCUT2D eigenvalue weighted by atomic mass is 10.0. The van der Waals surface area contributed by atoms with E-state index in [0.29, 0.717) is 0 Å². The summed E-state index contributed by atoms with van der Waals surface area (Å²) < 4.78 is 1.29. The van der Waals surface area contributed by atoms with Crippen LogP contribution in [0.5, 0.6) is 0 Å². The number of unbranched alkanes of at least 4 members (excludes halogenated alkanes) is 4. The third-order valence-electron chi connectivity index (χ3n) is 3.49. The summed E-state index contributed by atoms with van der Waals surface area (Å²) in [6, 6.07) is 4.67. The molecule has 17 heavy (non-hydrogen) atoms. The van der Waals surface area contributed by atoms with E-state index < -0.39 is 0 Å². The first-order chi connectivity index (χ1) is 8.31. The van der Waals surface area contributed by atoms with Gasteiger partial charge >= 0.3 is 0 Å². The second-order valence-corrected chi connectivity index (χ2v) is 5.77. The van der Waals surface area contributed by atoms with Crippen molar-refractivity contribution in [3.05, 3.63) is 39.4 Å². The monoisotopic (exact) mass is 292 g/mol. The zero-order chi connectivity index (χ0) is 12.1. The lowest BCUT2D eigenvalue weighted by Gasteiger charge is -2.08. The number of allylic oxidation sites excluding steroid dienone is 1. The summed E-state index contributed by atoms with van der Waals surface area (Å²) >= 11 is 3.70. The number of aryl methyl sites for hydroxylation is 1. The van der Waals surface area contributed by atoms with Crippen molar-refractivity contribution in [3.63, 3.8) is 0 Å². The van der Waals surface area contributed by atoms with Gasteiger partial charge < -0.3 is 0 Å². The zero-order valence-corrected chi connectivity index (χ0v) is 12.2. The minimum absolute atomic E-state index is 1.12. The van der Waals surface area contributed by atoms with Gasteiger partial charge in [-0.05, 0) is 42.0 Å². The average Bonchev–Trinajstić information content (AvgIpc) is 2.76. The molecule has 0 amide bonds. The molecular weight excluding hydrogens is 272 g/mol. The predicted octanol–water partition coefficient (Wildman–Crippen LogP) is 5.53. The molecule has 0 atom stereocenters. The van der Waals surface area contributed by atoms with Gasteiger partial charge in [0.05, 0.1) is 0 Å². The van der Waals surface area contributed by atoms with Gasteiger partial charge in [0.2, 0.25) is 0 Å². The van der Waals surface area contributed by atoms with Crippen molar-refractivity contribution in [1.82, 2.24) is 0 Å². The Morgan fingerprint density at radius 3 is 2.76 bits per heavy atom. The van der Waals surface area contributed by atoms with E-state index in [1.807, 2.05) is 0 Å². The van der Waals surface area contributed by atoms with E-state index in [2.05, 4.69) is 47.1 Å². The fourth-order valence-corrected chi connectivity index (χ4v) is 3.00. The van der Waals surface area contributed by atoms with Crippen molar-refractivity contribution in [2.24, 2.45) is 0 Å². The molecule has 0 radical (unpaired) electrons. The Balaban J connectivity index is 1.89.